The number of nitrogens with one attached hydrogen (secondary N) is 2. The fourth-order valence-corrected chi connectivity index (χ4v) is 2.69. The molecule has 2 N–H and O–H groups in total. The van der Waals surface area contributed by atoms with Crippen molar-refractivity contribution in [3.8, 4) is 28.5 Å². The van der Waals surface area contributed by atoms with Crippen LogP contribution in [0.25, 0.3) is 11.3 Å². The number of methoxy groups -OCH3 is 2. The molecule has 0 saturated heterocycles. The lowest BCUT2D eigenvalue weighted by Gasteiger charge is -2.10. The van der Waals surface area contributed by atoms with Crippen LogP contribution in [0, 0.1) is 0 Å². The molecule has 8 heteroatoms. The molecule has 0 aliphatic carbocycles. The number of H-pyrrole nitrogens is 1. The van der Waals surface area contributed by atoms with Gasteiger partial charge in [0.05, 0.1) is 32.7 Å². The van der Waals surface area contributed by atoms with Crippen LogP contribution < -0.4 is 25.2 Å². The zero-order valence-corrected chi connectivity index (χ0v) is 17.1. The predicted molar refractivity (Wildman–Crippen MR) is 117 cm³/mol. The second-order valence-electron chi connectivity index (χ2n) is 6.34. The number of ether oxygens (including phenoxy) is 3. The van der Waals surface area contributed by atoms with E-state index in [-0.39, 0.29) is 11.5 Å². The second kappa shape index (κ2) is 10.1. The molecule has 0 aliphatic rings. The summed E-state index contributed by atoms with van der Waals surface area (Å²) in [7, 11) is 3.20. The van der Waals surface area contributed by atoms with Gasteiger partial charge in [0.25, 0.3) is 5.56 Å². The van der Waals surface area contributed by atoms with Crippen LogP contribution in [0.1, 0.15) is 18.9 Å². The van der Waals surface area contributed by atoms with Gasteiger partial charge in [0, 0.05) is 11.6 Å². The van der Waals surface area contributed by atoms with Gasteiger partial charge in [-0.1, -0.05) is 6.92 Å². The van der Waals surface area contributed by atoms with E-state index >= 15 is 0 Å². The van der Waals surface area contributed by atoms with Gasteiger partial charge in [0.1, 0.15) is 5.75 Å². The van der Waals surface area contributed by atoms with Crippen molar-refractivity contribution < 1.29 is 14.2 Å². The van der Waals surface area contributed by atoms with Gasteiger partial charge in [-0.25, -0.2) is 10.4 Å². The number of hydrogen-bond acceptors (Lipinski definition) is 7. The number of aromatic amines is 1. The summed E-state index contributed by atoms with van der Waals surface area (Å²) in [4.78, 5) is 19.0. The Morgan fingerprint density at radius 1 is 1.07 bits per heavy atom. The summed E-state index contributed by atoms with van der Waals surface area (Å²) >= 11 is 0. The van der Waals surface area contributed by atoms with Crippen LogP contribution in [0.3, 0.4) is 0 Å². The minimum absolute atomic E-state index is 0.237. The zero-order chi connectivity index (χ0) is 21.3. The van der Waals surface area contributed by atoms with Gasteiger partial charge in [-0.2, -0.15) is 5.10 Å². The largest absolute Gasteiger partial charge is 0.497 e. The maximum absolute atomic E-state index is 12.0. The molecule has 0 unspecified atom stereocenters. The van der Waals surface area contributed by atoms with Gasteiger partial charge in [0.15, 0.2) is 11.5 Å². The molecule has 0 fully saturated rings. The summed E-state index contributed by atoms with van der Waals surface area (Å²) < 4.78 is 16.2. The molecule has 1 heterocycles. The van der Waals surface area contributed by atoms with Crippen molar-refractivity contribution in [3.63, 3.8) is 0 Å². The van der Waals surface area contributed by atoms with Gasteiger partial charge >= 0.3 is 0 Å². The molecule has 30 heavy (non-hydrogen) atoms. The third kappa shape index (κ3) is 5.38. The van der Waals surface area contributed by atoms with Crippen molar-refractivity contribution in [2.24, 2.45) is 5.10 Å². The summed E-state index contributed by atoms with van der Waals surface area (Å²) in [6, 6.07) is 14.2. The summed E-state index contributed by atoms with van der Waals surface area (Å²) in [5.74, 6) is 2.27. The van der Waals surface area contributed by atoms with E-state index in [1.807, 2.05) is 49.4 Å². The van der Waals surface area contributed by atoms with E-state index in [2.05, 4.69) is 20.5 Å². The Kier molecular flexibility index (Phi) is 7.05. The fraction of sp³-hybridized carbons (Fsp3) is 0.227. The Balaban J connectivity index is 1.76. The summed E-state index contributed by atoms with van der Waals surface area (Å²) in [6.45, 7) is 2.63. The fourth-order valence-electron chi connectivity index (χ4n) is 2.69. The van der Waals surface area contributed by atoms with Crippen molar-refractivity contribution in [1.82, 2.24) is 9.97 Å². The minimum Gasteiger partial charge on any atom is -0.497 e. The van der Waals surface area contributed by atoms with E-state index < -0.39 is 0 Å². The molecule has 0 aliphatic heterocycles. The molecule has 3 aromatic rings. The highest BCUT2D eigenvalue weighted by Crippen LogP contribution is 2.27. The van der Waals surface area contributed by atoms with E-state index in [0.29, 0.717) is 23.8 Å². The lowest BCUT2D eigenvalue weighted by Crippen LogP contribution is -2.10. The van der Waals surface area contributed by atoms with Crippen LogP contribution in [-0.2, 0) is 0 Å². The van der Waals surface area contributed by atoms with Crippen LogP contribution >= 0.6 is 0 Å². The SMILES string of the molecule is CCCOc1cc(/C=N\Nc2nc(-c3ccc(OC)cc3)cc(=O)[nH]2)ccc1OC. The number of hydrazone groups is 1. The first-order valence-corrected chi connectivity index (χ1v) is 9.48. The highest BCUT2D eigenvalue weighted by Gasteiger charge is 2.06. The molecule has 0 bridgehead atoms. The molecule has 1 aromatic heterocycles. The molecule has 0 spiro atoms. The molecule has 3 rings (SSSR count). The molecule has 0 amide bonds. The van der Waals surface area contributed by atoms with Crippen LogP contribution in [0.2, 0.25) is 0 Å². The van der Waals surface area contributed by atoms with E-state index in [1.165, 1.54) is 6.07 Å². The van der Waals surface area contributed by atoms with E-state index in [1.54, 1.807) is 20.4 Å². The summed E-state index contributed by atoms with van der Waals surface area (Å²) in [5, 5.41) is 4.17. The molecule has 0 saturated carbocycles. The quantitative estimate of drug-likeness (QED) is 0.414. The number of anilines is 1. The maximum atomic E-state index is 12.0. The highest BCUT2D eigenvalue weighted by molar-refractivity contribution is 5.81. The standard InChI is InChI=1S/C22H24N4O4/c1-4-11-30-20-12-15(5-10-19(20)29-3)14-23-26-22-24-18(13-21(27)25-22)16-6-8-17(28-2)9-7-16/h5-10,12-14H,4,11H2,1-3H3,(H2,24,25,26,27)/b23-14-. The third-order valence-electron chi connectivity index (χ3n) is 4.16. The highest BCUT2D eigenvalue weighted by atomic mass is 16.5. The number of hydrogen-bond donors (Lipinski definition) is 2. The lowest BCUT2D eigenvalue weighted by atomic mass is 10.1. The number of aromatic nitrogens is 2. The van der Waals surface area contributed by atoms with E-state index in [9.17, 15) is 4.79 Å². The molecular weight excluding hydrogens is 384 g/mol. The smallest absolute Gasteiger partial charge is 0.252 e. The molecule has 0 radical (unpaired) electrons. The minimum atomic E-state index is -0.284. The third-order valence-corrected chi connectivity index (χ3v) is 4.16. The van der Waals surface area contributed by atoms with Crippen molar-refractivity contribution >= 4 is 12.2 Å². The maximum Gasteiger partial charge on any atom is 0.252 e. The van der Waals surface area contributed by atoms with Crippen molar-refractivity contribution in [2.75, 3.05) is 26.3 Å². The van der Waals surface area contributed by atoms with Crippen molar-refractivity contribution in [1.29, 1.82) is 0 Å². The van der Waals surface area contributed by atoms with E-state index in [0.717, 1.165) is 23.3 Å². The van der Waals surface area contributed by atoms with Crippen molar-refractivity contribution in [2.45, 2.75) is 13.3 Å². The topological polar surface area (TPSA) is 97.8 Å². The number of rotatable bonds is 9. The average Bonchev–Trinajstić information content (AvgIpc) is 2.77. The van der Waals surface area contributed by atoms with Crippen LogP contribution in [0.15, 0.2) is 58.4 Å². The summed E-state index contributed by atoms with van der Waals surface area (Å²) in [6.07, 6.45) is 2.50. The Bertz CT molecular complexity index is 1060. The Morgan fingerprint density at radius 3 is 2.57 bits per heavy atom. The summed E-state index contributed by atoms with van der Waals surface area (Å²) in [5.41, 5.74) is 4.61. The Labute approximate surface area is 174 Å². The Morgan fingerprint density at radius 2 is 1.87 bits per heavy atom. The molecular formula is C22H24N4O4. The lowest BCUT2D eigenvalue weighted by molar-refractivity contribution is 0.294. The van der Waals surface area contributed by atoms with Crippen molar-refractivity contribution in [3.05, 3.63) is 64.4 Å². The first kappa shape index (κ1) is 20.9. The van der Waals surface area contributed by atoms with Gasteiger partial charge in [0.2, 0.25) is 5.95 Å². The van der Waals surface area contributed by atoms with Crippen LogP contribution in [0.5, 0.6) is 17.2 Å². The average molecular weight is 408 g/mol. The number of benzene rings is 2. The van der Waals surface area contributed by atoms with E-state index in [4.69, 9.17) is 14.2 Å². The first-order valence-electron chi connectivity index (χ1n) is 9.48. The Hall–Kier alpha value is -3.81. The zero-order valence-electron chi connectivity index (χ0n) is 17.1. The molecule has 8 nitrogen and oxygen atoms in total. The van der Waals surface area contributed by atoms with Gasteiger partial charge in [-0.3, -0.25) is 9.78 Å². The van der Waals surface area contributed by atoms with Gasteiger partial charge < -0.3 is 14.2 Å². The van der Waals surface area contributed by atoms with Gasteiger partial charge in [-0.05, 0) is 54.4 Å². The predicted octanol–water partition coefficient (Wildman–Crippen LogP) is 3.69. The molecule has 156 valence electrons. The normalized spacial score (nSPS) is 10.8. The second-order valence-corrected chi connectivity index (χ2v) is 6.34. The number of nitrogens with zero attached hydrogens (tertiary/aromatic N) is 2. The van der Waals surface area contributed by atoms with Gasteiger partial charge in [-0.15, -0.1) is 0 Å². The monoisotopic (exact) mass is 408 g/mol. The molecule has 2 aromatic carbocycles. The molecule has 0 atom stereocenters. The van der Waals surface area contributed by atoms with Crippen LogP contribution in [-0.4, -0.2) is 37.0 Å². The van der Waals surface area contributed by atoms with Crippen LogP contribution in [0.4, 0.5) is 5.95 Å². The first-order chi connectivity index (χ1) is 14.6.